The molecule has 0 saturated heterocycles. The molecule has 0 saturated carbocycles. The Hall–Kier alpha value is -2.42. The van der Waals surface area contributed by atoms with Crippen molar-refractivity contribution in [2.24, 2.45) is 5.10 Å². The first kappa shape index (κ1) is 19.3. The lowest BCUT2D eigenvalue weighted by molar-refractivity contribution is 0.0954. The number of phenols is 1. The van der Waals surface area contributed by atoms with Crippen molar-refractivity contribution in [3.63, 3.8) is 0 Å². The minimum Gasteiger partial charge on any atom is -0.507 e. The molecule has 0 unspecified atom stereocenters. The van der Waals surface area contributed by atoms with Crippen LogP contribution in [-0.4, -0.2) is 43.5 Å². The molecule has 7 nitrogen and oxygen atoms in total. The molecule has 27 heavy (non-hydrogen) atoms. The number of nitrogens with zero attached hydrogens (tertiary/aromatic N) is 2. The van der Waals surface area contributed by atoms with Gasteiger partial charge in [0.1, 0.15) is 5.75 Å². The minimum atomic E-state index is -3.55. The molecule has 0 spiro atoms. The van der Waals surface area contributed by atoms with Gasteiger partial charge in [0.05, 0.1) is 10.6 Å². The molecular formula is C18H18ClN3O4S. The van der Waals surface area contributed by atoms with Gasteiger partial charge in [0.25, 0.3) is 5.91 Å². The number of halogens is 1. The van der Waals surface area contributed by atoms with Crippen molar-refractivity contribution >= 4 is 33.2 Å². The second-order valence-corrected chi connectivity index (χ2v) is 8.79. The van der Waals surface area contributed by atoms with Crippen LogP contribution in [0, 0.1) is 0 Å². The van der Waals surface area contributed by atoms with Gasteiger partial charge in [0.15, 0.2) is 0 Å². The Balaban J connectivity index is 1.79. The van der Waals surface area contributed by atoms with Gasteiger partial charge in [0, 0.05) is 30.2 Å². The standard InChI is InChI=1S/C18H18ClN3O4S/c1-22(2)27(25,26)12-5-3-11(4-6-12)18(24)21-20-15-9-7-13-14(19)8-10-16(23)17(13)15/h3-6,8,10,23H,7,9H2,1-2H3,(H,21,24)/b20-15+. The number of carbonyl (C=O) groups is 1. The summed E-state index contributed by atoms with van der Waals surface area (Å²) < 4.78 is 25.2. The zero-order chi connectivity index (χ0) is 19.8. The highest BCUT2D eigenvalue weighted by molar-refractivity contribution is 7.89. The summed E-state index contributed by atoms with van der Waals surface area (Å²) in [5.41, 5.74) is 4.62. The van der Waals surface area contributed by atoms with Crippen LogP contribution in [0.25, 0.3) is 0 Å². The molecule has 0 heterocycles. The van der Waals surface area contributed by atoms with Gasteiger partial charge in [-0.3, -0.25) is 4.79 Å². The first-order valence-electron chi connectivity index (χ1n) is 8.12. The summed E-state index contributed by atoms with van der Waals surface area (Å²) in [6, 6.07) is 8.70. The predicted molar refractivity (Wildman–Crippen MR) is 103 cm³/mol. The lowest BCUT2D eigenvalue weighted by atomic mass is 10.1. The zero-order valence-electron chi connectivity index (χ0n) is 14.7. The topological polar surface area (TPSA) is 99.1 Å². The quantitative estimate of drug-likeness (QED) is 0.760. The molecule has 0 aromatic heterocycles. The van der Waals surface area contributed by atoms with Crippen molar-refractivity contribution < 1.29 is 18.3 Å². The second-order valence-electron chi connectivity index (χ2n) is 6.23. The summed E-state index contributed by atoms with van der Waals surface area (Å²) in [4.78, 5) is 12.4. The molecule has 1 aliphatic carbocycles. The van der Waals surface area contributed by atoms with Crippen LogP contribution in [-0.2, 0) is 16.4 Å². The predicted octanol–water partition coefficient (Wildman–Crippen LogP) is 2.38. The van der Waals surface area contributed by atoms with Crippen LogP contribution in [0.15, 0.2) is 46.4 Å². The Labute approximate surface area is 162 Å². The third-order valence-electron chi connectivity index (χ3n) is 4.32. The zero-order valence-corrected chi connectivity index (χ0v) is 16.3. The number of nitrogens with one attached hydrogen (secondary N) is 1. The molecule has 2 aromatic carbocycles. The van der Waals surface area contributed by atoms with E-state index in [1.54, 1.807) is 6.07 Å². The van der Waals surface area contributed by atoms with Gasteiger partial charge < -0.3 is 5.11 Å². The minimum absolute atomic E-state index is 0.0677. The molecule has 0 bridgehead atoms. The summed E-state index contributed by atoms with van der Waals surface area (Å²) in [6.07, 6.45) is 1.18. The van der Waals surface area contributed by atoms with Crippen molar-refractivity contribution in [2.45, 2.75) is 17.7 Å². The molecule has 0 radical (unpaired) electrons. The van der Waals surface area contributed by atoms with Crippen LogP contribution in [0.1, 0.15) is 27.9 Å². The molecular weight excluding hydrogens is 390 g/mol. The maximum Gasteiger partial charge on any atom is 0.271 e. The van der Waals surface area contributed by atoms with Gasteiger partial charge in [-0.2, -0.15) is 5.10 Å². The third kappa shape index (κ3) is 3.69. The van der Waals surface area contributed by atoms with E-state index in [-0.39, 0.29) is 16.2 Å². The van der Waals surface area contributed by atoms with Gasteiger partial charge in [0.2, 0.25) is 10.0 Å². The number of rotatable bonds is 4. The fourth-order valence-electron chi connectivity index (χ4n) is 2.83. The van der Waals surface area contributed by atoms with E-state index in [2.05, 4.69) is 10.5 Å². The van der Waals surface area contributed by atoms with Crippen molar-refractivity contribution in [1.29, 1.82) is 0 Å². The van der Waals surface area contributed by atoms with Gasteiger partial charge in [-0.05, 0) is 54.8 Å². The second kappa shape index (κ2) is 7.30. The Morgan fingerprint density at radius 2 is 1.81 bits per heavy atom. The summed E-state index contributed by atoms with van der Waals surface area (Å²) >= 11 is 6.13. The number of amides is 1. The van der Waals surface area contributed by atoms with Crippen molar-refractivity contribution in [3.8, 4) is 5.75 Å². The molecule has 2 N–H and O–H groups in total. The maximum absolute atomic E-state index is 12.3. The van der Waals surface area contributed by atoms with Gasteiger partial charge in [-0.1, -0.05) is 11.6 Å². The number of hydrogen-bond acceptors (Lipinski definition) is 5. The third-order valence-corrected chi connectivity index (χ3v) is 6.51. The number of hydrogen-bond donors (Lipinski definition) is 2. The van der Waals surface area contributed by atoms with Crippen LogP contribution >= 0.6 is 11.6 Å². The number of hydrazone groups is 1. The number of phenolic OH excluding ortho intramolecular Hbond substituents is 1. The number of sulfonamides is 1. The molecule has 142 valence electrons. The van der Waals surface area contributed by atoms with E-state index in [1.165, 1.54) is 44.4 Å². The lowest BCUT2D eigenvalue weighted by Crippen LogP contribution is -2.23. The molecule has 1 amide bonds. The monoisotopic (exact) mass is 407 g/mol. The van der Waals surface area contributed by atoms with Crippen LogP contribution < -0.4 is 5.43 Å². The molecule has 1 aliphatic rings. The van der Waals surface area contributed by atoms with E-state index in [0.717, 1.165) is 9.87 Å². The van der Waals surface area contributed by atoms with E-state index in [0.29, 0.717) is 29.1 Å². The van der Waals surface area contributed by atoms with Gasteiger partial charge >= 0.3 is 0 Å². The molecule has 3 rings (SSSR count). The molecule has 2 aromatic rings. The van der Waals surface area contributed by atoms with E-state index in [1.807, 2.05) is 0 Å². The Morgan fingerprint density at radius 1 is 1.15 bits per heavy atom. The summed E-state index contributed by atoms with van der Waals surface area (Å²) in [5, 5.41) is 14.7. The highest BCUT2D eigenvalue weighted by Gasteiger charge is 2.24. The number of benzene rings is 2. The summed E-state index contributed by atoms with van der Waals surface area (Å²) in [7, 11) is -0.678. The summed E-state index contributed by atoms with van der Waals surface area (Å²) in [5.74, 6) is -0.413. The first-order chi connectivity index (χ1) is 12.7. The van der Waals surface area contributed by atoms with Crippen molar-refractivity contribution in [3.05, 3.63) is 58.1 Å². The lowest BCUT2D eigenvalue weighted by Gasteiger charge is -2.11. The smallest absolute Gasteiger partial charge is 0.271 e. The average molecular weight is 408 g/mol. The Morgan fingerprint density at radius 3 is 2.44 bits per heavy atom. The maximum atomic E-state index is 12.3. The molecule has 0 fully saturated rings. The van der Waals surface area contributed by atoms with Crippen molar-refractivity contribution in [2.75, 3.05) is 14.1 Å². The van der Waals surface area contributed by atoms with Gasteiger partial charge in [-0.25, -0.2) is 18.1 Å². The Bertz CT molecular complexity index is 1030. The van der Waals surface area contributed by atoms with Crippen LogP contribution in [0.3, 0.4) is 0 Å². The average Bonchev–Trinajstić information content (AvgIpc) is 3.08. The highest BCUT2D eigenvalue weighted by Crippen LogP contribution is 2.35. The van der Waals surface area contributed by atoms with Gasteiger partial charge in [-0.15, -0.1) is 0 Å². The Kier molecular flexibility index (Phi) is 5.23. The summed E-state index contributed by atoms with van der Waals surface area (Å²) in [6.45, 7) is 0. The number of fused-ring (bicyclic) bond motifs is 1. The van der Waals surface area contributed by atoms with Crippen molar-refractivity contribution in [1.82, 2.24) is 9.73 Å². The normalized spacial score (nSPS) is 15.2. The van der Waals surface area contributed by atoms with E-state index < -0.39 is 15.9 Å². The molecule has 0 aliphatic heterocycles. The molecule has 9 heteroatoms. The van der Waals surface area contributed by atoms with Crippen LogP contribution in [0.4, 0.5) is 0 Å². The molecule has 0 atom stereocenters. The fourth-order valence-corrected chi connectivity index (χ4v) is 3.98. The number of carbonyl (C=O) groups excluding carboxylic acids is 1. The van der Waals surface area contributed by atoms with Crippen LogP contribution in [0.5, 0.6) is 5.75 Å². The van der Waals surface area contributed by atoms with Crippen LogP contribution in [0.2, 0.25) is 5.02 Å². The van der Waals surface area contributed by atoms with E-state index in [4.69, 9.17) is 11.6 Å². The SMILES string of the molecule is CN(C)S(=O)(=O)c1ccc(C(=O)N/N=C2\CCc3c(Cl)ccc(O)c32)cc1. The van der Waals surface area contributed by atoms with E-state index in [9.17, 15) is 18.3 Å². The first-order valence-corrected chi connectivity index (χ1v) is 9.94. The largest absolute Gasteiger partial charge is 0.507 e. The fraction of sp³-hybridized carbons (Fsp3) is 0.222. The van der Waals surface area contributed by atoms with E-state index >= 15 is 0 Å². The number of aromatic hydroxyl groups is 1. The highest BCUT2D eigenvalue weighted by atomic mass is 35.5.